The van der Waals surface area contributed by atoms with Crippen molar-refractivity contribution >= 4 is 23.7 Å². The van der Waals surface area contributed by atoms with Gasteiger partial charge in [0.25, 0.3) is 0 Å². The Labute approximate surface area is 98.8 Å². The second-order valence-corrected chi connectivity index (χ2v) is 3.65. The van der Waals surface area contributed by atoms with Gasteiger partial charge in [-0.15, -0.1) is 0 Å². The van der Waals surface area contributed by atoms with Crippen LogP contribution in [-0.2, 0) is 19.2 Å². The Morgan fingerprint density at radius 2 is 1.47 bits per heavy atom. The Bertz CT molecular complexity index is 339. The van der Waals surface area contributed by atoms with Crippen LogP contribution in [0.1, 0.15) is 27.7 Å². The van der Waals surface area contributed by atoms with E-state index in [-0.39, 0.29) is 0 Å². The molecule has 2 atom stereocenters. The third-order valence-electron chi connectivity index (χ3n) is 2.17. The average molecular weight is 244 g/mol. The van der Waals surface area contributed by atoms with Crippen LogP contribution in [0.2, 0.25) is 0 Å². The van der Waals surface area contributed by atoms with Crippen molar-refractivity contribution in [3.8, 4) is 0 Å². The van der Waals surface area contributed by atoms with Gasteiger partial charge >= 0.3 is 5.97 Å². The zero-order valence-electron chi connectivity index (χ0n) is 10.2. The maximum atomic E-state index is 11.6. The highest BCUT2D eigenvalue weighted by Crippen LogP contribution is 2.01. The number of amides is 3. The van der Waals surface area contributed by atoms with Crippen molar-refractivity contribution in [3.05, 3.63) is 0 Å². The van der Waals surface area contributed by atoms with E-state index in [1.807, 2.05) is 0 Å². The molecule has 0 spiro atoms. The summed E-state index contributed by atoms with van der Waals surface area (Å²) in [5.41, 5.74) is 0. The number of carboxylic acids is 1. The molecule has 0 rings (SSSR count). The van der Waals surface area contributed by atoms with E-state index in [1.165, 1.54) is 13.8 Å². The molecule has 17 heavy (non-hydrogen) atoms. The van der Waals surface area contributed by atoms with E-state index in [0.29, 0.717) is 0 Å². The summed E-state index contributed by atoms with van der Waals surface area (Å²) >= 11 is 0. The van der Waals surface area contributed by atoms with Crippen LogP contribution in [0, 0.1) is 0 Å². The molecule has 96 valence electrons. The van der Waals surface area contributed by atoms with Gasteiger partial charge in [-0.3, -0.25) is 24.1 Å². The van der Waals surface area contributed by atoms with Crippen LogP contribution in [-0.4, -0.2) is 45.8 Å². The van der Waals surface area contributed by atoms with Gasteiger partial charge in [-0.1, -0.05) is 0 Å². The second kappa shape index (κ2) is 5.97. The topological polar surface area (TPSA) is 104 Å². The summed E-state index contributed by atoms with van der Waals surface area (Å²) in [6.07, 6.45) is 0. The molecule has 0 bridgehead atoms. The summed E-state index contributed by atoms with van der Waals surface area (Å²) in [5, 5.41) is 10.8. The first-order chi connectivity index (χ1) is 7.68. The molecule has 0 saturated heterocycles. The number of hydrogen-bond donors (Lipinski definition) is 2. The van der Waals surface area contributed by atoms with Gasteiger partial charge in [-0.2, -0.15) is 0 Å². The SMILES string of the molecule is CC(=O)N(C(C)=O)[C@@H](C)C(=O)N[C@@H](C)C(=O)O. The highest BCUT2D eigenvalue weighted by Gasteiger charge is 2.28. The predicted molar refractivity (Wildman–Crippen MR) is 57.9 cm³/mol. The summed E-state index contributed by atoms with van der Waals surface area (Å²) in [6, 6.07) is -2.11. The Morgan fingerprint density at radius 1 is 1.06 bits per heavy atom. The van der Waals surface area contributed by atoms with Gasteiger partial charge in [-0.05, 0) is 13.8 Å². The van der Waals surface area contributed by atoms with Crippen LogP contribution in [0.4, 0.5) is 0 Å². The summed E-state index contributed by atoms with van der Waals surface area (Å²) in [7, 11) is 0. The zero-order valence-corrected chi connectivity index (χ0v) is 10.2. The number of carboxylic acid groups (broad SMARTS) is 1. The normalized spacial score (nSPS) is 13.4. The van der Waals surface area contributed by atoms with Crippen molar-refractivity contribution in [1.29, 1.82) is 0 Å². The standard InChI is InChI=1S/C10H16N2O5/c1-5(10(16)17)11-9(15)6(2)12(7(3)13)8(4)14/h5-6H,1-4H3,(H,11,15)(H,16,17)/t5-,6-/m0/s1. The van der Waals surface area contributed by atoms with E-state index >= 15 is 0 Å². The maximum Gasteiger partial charge on any atom is 0.325 e. The van der Waals surface area contributed by atoms with E-state index in [4.69, 9.17) is 5.11 Å². The molecule has 0 aliphatic heterocycles. The van der Waals surface area contributed by atoms with Gasteiger partial charge in [0.2, 0.25) is 17.7 Å². The molecule has 0 unspecified atom stereocenters. The average Bonchev–Trinajstić information content (AvgIpc) is 2.15. The van der Waals surface area contributed by atoms with E-state index < -0.39 is 35.8 Å². The fourth-order valence-corrected chi connectivity index (χ4v) is 1.28. The van der Waals surface area contributed by atoms with Crippen LogP contribution in [0.25, 0.3) is 0 Å². The Kier molecular flexibility index (Phi) is 5.30. The van der Waals surface area contributed by atoms with Crippen molar-refractivity contribution in [3.63, 3.8) is 0 Å². The minimum absolute atomic E-state index is 0.567. The van der Waals surface area contributed by atoms with Crippen LogP contribution < -0.4 is 5.32 Å². The van der Waals surface area contributed by atoms with Crippen LogP contribution in [0.3, 0.4) is 0 Å². The lowest BCUT2D eigenvalue weighted by Gasteiger charge is -2.24. The smallest absolute Gasteiger partial charge is 0.325 e. The molecule has 0 saturated carbocycles. The fourth-order valence-electron chi connectivity index (χ4n) is 1.28. The molecular weight excluding hydrogens is 228 g/mol. The quantitative estimate of drug-likeness (QED) is 0.684. The minimum Gasteiger partial charge on any atom is -0.480 e. The first-order valence-corrected chi connectivity index (χ1v) is 5.02. The Morgan fingerprint density at radius 3 is 1.76 bits per heavy atom. The number of rotatable bonds is 4. The third-order valence-corrected chi connectivity index (χ3v) is 2.17. The van der Waals surface area contributed by atoms with Gasteiger partial charge in [0.05, 0.1) is 0 Å². The van der Waals surface area contributed by atoms with Crippen molar-refractivity contribution in [2.75, 3.05) is 0 Å². The molecular formula is C10H16N2O5. The highest BCUT2D eigenvalue weighted by atomic mass is 16.4. The summed E-state index contributed by atoms with van der Waals surface area (Å²) < 4.78 is 0. The molecule has 0 aromatic rings. The monoisotopic (exact) mass is 244 g/mol. The minimum atomic E-state index is -1.19. The fraction of sp³-hybridized carbons (Fsp3) is 0.600. The third kappa shape index (κ3) is 4.21. The van der Waals surface area contributed by atoms with E-state index in [0.717, 1.165) is 18.7 Å². The highest BCUT2D eigenvalue weighted by molar-refractivity contribution is 5.99. The molecule has 3 amide bonds. The largest absolute Gasteiger partial charge is 0.480 e. The van der Waals surface area contributed by atoms with Crippen molar-refractivity contribution in [2.45, 2.75) is 39.8 Å². The van der Waals surface area contributed by atoms with E-state index in [2.05, 4.69) is 5.32 Å². The number of aliphatic carboxylic acids is 1. The molecule has 0 radical (unpaired) electrons. The van der Waals surface area contributed by atoms with Gasteiger partial charge in [0.15, 0.2) is 0 Å². The molecule has 0 aromatic heterocycles. The van der Waals surface area contributed by atoms with Gasteiger partial charge in [0, 0.05) is 13.8 Å². The van der Waals surface area contributed by atoms with Gasteiger partial charge in [-0.25, -0.2) is 0 Å². The number of nitrogens with one attached hydrogen (secondary N) is 1. The van der Waals surface area contributed by atoms with Crippen LogP contribution in [0.5, 0.6) is 0 Å². The second-order valence-electron chi connectivity index (χ2n) is 3.65. The number of hydrogen-bond acceptors (Lipinski definition) is 4. The van der Waals surface area contributed by atoms with Crippen molar-refractivity contribution in [1.82, 2.24) is 10.2 Å². The van der Waals surface area contributed by atoms with E-state index in [1.54, 1.807) is 0 Å². The number of carbonyl (C=O) groups excluding carboxylic acids is 3. The summed E-state index contributed by atoms with van der Waals surface area (Å²) in [6.45, 7) is 4.96. The molecule has 7 nitrogen and oxygen atoms in total. The molecule has 0 heterocycles. The lowest BCUT2D eigenvalue weighted by molar-refractivity contribution is -0.149. The van der Waals surface area contributed by atoms with E-state index in [9.17, 15) is 19.2 Å². The van der Waals surface area contributed by atoms with Gasteiger partial charge < -0.3 is 10.4 Å². The molecule has 0 aliphatic carbocycles. The number of imide groups is 1. The number of carbonyl (C=O) groups is 4. The molecule has 0 aliphatic rings. The Balaban J connectivity index is 4.73. The van der Waals surface area contributed by atoms with Crippen LogP contribution >= 0.6 is 0 Å². The van der Waals surface area contributed by atoms with Gasteiger partial charge in [0.1, 0.15) is 12.1 Å². The molecule has 7 heteroatoms. The van der Waals surface area contributed by atoms with Crippen molar-refractivity contribution in [2.24, 2.45) is 0 Å². The summed E-state index contributed by atoms with van der Waals surface area (Å²) in [5.74, 6) is -3.01. The zero-order chi connectivity index (χ0) is 13.7. The lowest BCUT2D eigenvalue weighted by Crippen LogP contribution is -2.52. The summed E-state index contributed by atoms with van der Waals surface area (Å²) in [4.78, 5) is 45.2. The van der Waals surface area contributed by atoms with Crippen molar-refractivity contribution < 1.29 is 24.3 Å². The predicted octanol–water partition coefficient (Wildman–Crippen LogP) is -0.641. The maximum absolute atomic E-state index is 11.6. The first-order valence-electron chi connectivity index (χ1n) is 5.02. The molecule has 0 fully saturated rings. The Hall–Kier alpha value is -1.92. The van der Waals surface area contributed by atoms with Crippen LogP contribution in [0.15, 0.2) is 0 Å². The molecule has 0 aromatic carbocycles. The number of nitrogens with zero attached hydrogens (tertiary/aromatic N) is 1. The molecule has 2 N–H and O–H groups in total. The first kappa shape index (κ1) is 15.1. The lowest BCUT2D eigenvalue weighted by atomic mass is 10.2.